The zero-order valence-electron chi connectivity index (χ0n) is 10.0. The fourth-order valence-electron chi connectivity index (χ4n) is 1.88. The third-order valence-electron chi connectivity index (χ3n) is 2.90. The number of benzene rings is 1. The maximum atomic E-state index is 11.4. The standard InChI is InChI=1S/C13H9N3O3/c1-16-11-4-8(2-3-12(11)19-13(16)18)10-5-9(6-17)14-7-15-10/h2-7H,1H3. The summed E-state index contributed by atoms with van der Waals surface area (Å²) in [5.74, 6) is -0.414. The Labute approximate surface area is 107 Å². The van der Waals surface area contributed by atoms with Crippen molar-refractivity contribution < 1.29 is 9.21 Å². The monoisotopic (exact) mass is 255 g/mol. The van der Waals surface area contributed by atoms with Gasteiger partial charge in [0.15, 0.2) is 11.9 Å². The third-order valence-corrected chi connectivity index (χ3v) is 2.90. The highest BCUT2D eigenvalue weighted by molar-refractivity contribution is 5.81. The molecule has 0 N–H and O–H groups in total. The van der Waals surface area contributed by atoms with Crippen molar-refractivity contribution in [1.82, 2.24) is 14.5 Å². The Hall–Kier alpha value is -2.76. The van der Waals surface area contributed by atoms with E-state index < -0.39 is 5.76 Å². The molecule has 0 fully saturated rings. The molecule has 0 aliphatic carbocycles. The van der Waals surface area contributed by atoms with Gasteiger partial charge in [0.25, 0.3) is 0 Å². The Morgan fingerprint density at radius 3 is 2.89 bits per heavy atom. The van der Waals surface area contributed by atoms with Gasteiger partial charge in [0.2, 0.25) is 0 Å². The fourth-order valence-corrected chi connectivity index (χ4v) is 1.88. The van der Waals surface area contributed by atoms with Crippen LogP contribution in [0.1, 0.15) is 10.5 Å². The van der Waals surface area contributed by atoms with E-state index in [1.54, 1.807) is 31.3 Å². The van der Waals surface area contributed by atoms with Crippen LogP contribution in [0.2, 0.25) is 0 Å². The van der Waals surface area contributed by atoms with Gasteiger partial charge in [-0.2, -0.15) is 0 Å². The predicted octanol–water partition coefficient (Wildman–Crippen LogP) is 1.40. The number of aromatic nitrogens is 3. The van der Waals surface area contributed by atoms with E-state index in [0.717, 1.165) is 5.56 Å². The smallest absolute Gasteiger partial charge is 0.408 e. The van der Waals surface area contributed by atoms with Gasteiger partial charge in [-0.25, -0.2) is 14.8 Å². The number of carbonyl (C=O) groups is 1. The molecule has 0 unspecified atom stereocenters. The highest BCUT2D eigenvalue weighted by Crippen LogP contribution is 2.22. The number of hydrogen-bond donors (Lipinski definition) is 0. The van der Waals surface area contributed by atoms with Gasteiger partial charge in [0.05, 0.1) is 11.2 Å². The molecule has 3 rings (SSSR count). The number of nitrogens with zero attached hydrogens (tertiary/aromatic N) is 3. The molecule has 3 aromatic rings. The molecular weight excluding hydrogens is 246 g/mol. The number of rotatable bonds is 2. The van der Waals surface area contributed by atoms with Crippen LogP contribution >= 0.6 is 0 Å². The molecule has 6 heteroatoms. The molecule has 0 aliphatic rings. The maximum absolute atomic E-state index is 11.4. The van der Waals surface area contributed by atoms with Crippen molar-refractivity contribution in [3.8, 4) is 11.3 Å². The van der Waals surface area contributed by atoms with Gasteiger partial charge in [0, 0.05) is 12.6 Å². The summed E-state index contributed by atoms with van der Waals surface area (Å²) in [6.45, 7) is 0. The molecule has 0 saturated heterocycles. The molecule has 1 aromatic carbocycles. The molecule has 0 saturated carbocycles. The minimum atomic E-state index is -0.414. The highest BCUT2D eigenvalue weighted by atomic mass is 16.4. The van der Waals surface area contributed by atoms with Crippen LogP contribution in [-0.4, -0.2) is 20.8 Å². The summed E-state index contributed by atoms with van der Waals surface area (Å²) in [4.78, 5) is 30.0. The molecular formula is C13H9N3O3. The van der Waals surface area contributed by atoms with Crippen molar-refractivity contribution in [3.05, 3.63) is 46.8 Å². The molecule has 2 heterocycles. The van der Waals surface area contributed by atoms with Crippen LogP contribution in [0, 0.1) is 0 Å². The number of carbonyl (C=O) groups excluding carboxylic acids is 1. The molecule has 0 bridgehead atoms. The van der Waals surface area contributed by atoms with Crippen LogP contribution in [0.3, 0.4) is 0 Å². The molecule has 2 aromatic heterocycles. The van der Waals surface area contributed by atoms with Gasteiger partial charge in [0.1, 0.15) is 12.0 Å². The minimum absolute atomic E-state index is 0.311. The van der Waals surface area contributed by atoms with Crippen LogP contribution in [0.25, 0.3) is 22.4 Å². The fraction of sp³-hybridized carbons (Fsp3) is 0.0769. The summed E-state index contributed by atoms with van der Waals surface area (Å²) < 4.78 is 6.47. The summed E-state index contributed by atoms with van der Waals surface area (Å²) in [5, 5.41) is 0. The zero-order valence-corrected chi connectivity index (χ0v) is 10.0. The van der Waals surface area contributed by atoms with Crippen LogP contribution in [0.4, 0.5) is 0 Å². The Morgan fingerprint density at radius 1 is 1.26 bits per heavy atom. The van der Waals surface area contributed by atoms with E-state index >= 15 is 0 Å². The van der Waals surface area contributed by atoms with Crippen LogP contribution in [-0.2, 0) is 7.05 Å². The summed E-state index contributed by atoms with van der Waals surface area (Å²) in [7, 11) is 1.63. The average Bonchev–Trinajstić information content (AvgIpc) is 2.74. The Bertz CT molecular complexity index is 833. The van der Waals surface area contributed by atoms with Crippen LogP contribution < -0.4 is 5.76 Å². The summed E-state index contributed by atoms with van der Waals surface area (Å²) in [5.41, 5.74) is 2.91. The van der Waals surface area contributed by atoms with Gasteiger partial charge in [-0.15, -0.1) is 0 Å². The van der Waals surface area contributed by atoms with E-state index in [1.165, 1.54) is 10.9 Å². The average molecular weight is 255 g/mol. The first kappa shape index (κ1) is 11.3. The first-order valence-corrected chi connectivity index (χ1v) is 5.56. The lowest BCUT2D eigenvalue weighted by Crippen LogP contribution is -2.08. The lowest BCUT2D eigenvalue weighted by molar-refractivity contribution is 0.111. The number of hydrogen-bond acceptors (Lipinski definition) is 5. The van der Waals surface area contributed by atoms with E-state index in [-0.39, 0.29) is 0 Å². The Balaban J connectivity index is 2.22. The number of aldehydes is 1. The third kappa shape index (κ3) is 1.83. The molecule has 19 heavy (non-hydrogen) atoms. The van der Waals surface area contributed by atoms with Crippen LogP contribution in [0.5, 0.6) is 0 Å². The van der Waals surface area contributed by atoms with Gasteiger partial charge >= 0.3 is 5.76 Å². The van der Waals surface area contributed by atoms with Crippen LogP contribution in [0.15, 0.2) is 39.8 Å². The minimum Gasteiger partial charge on any atom is -0.408 e. The number of oxazole rings is 1. The quantitative estimate of drug-likeness (QED) is 0.647. The molecule has 0 amide bonds. The molecule has 6 nitrogen and oxygen atoms in total. The summed E-state index contributed by atoms with van der Waals surface area (Å²) >= 11 is 0. The van der Waals surface area contributed by atoms with Crippen molar-refractivity contribution in [1.29, 1.82) is 0 Å². The maximum Gasteiger partial charge on any atom is 0.419 e. The zero-order chi connectivity index (χ0) is 13.4. The van der Waals surface area contributed by atoms with Crippen molar-refractivity contribution in [2.24, 2.45) is 7.05 Å². The van der Waals surface area contributed by atoms with Crippen molar-refractivity contribution in [2.45, 2.75) is 0 Å². The van der Waals surface area contributed by atoms with Gasteiger partial charge in [-0.3, -0.25) is 9.36 Å². The van der Waals surface area contributed by atoms with Crippen molar-refractivity contribution in [3.63, 3.8) is 0 Å². The lowest BCUT2D eigenvalue weighted by Gasteiger charge is -2.01. The Kier molecular flexibility index (Phi) is 2.49. The van der Waals surface area contributed by atoms with Crippen molar-refractivity contribution in [2.75, 3.05) is 0 Å². The van der Waals surface area contributed by atoms with E-state index in [1.807, 2.05) is 0 Å². The number of fused-ring (bicyclic) bond motifs is 1. The van der Waals surface area contributed by atoms with Gasteiger partial charge in [-0.1, -0.05) is 0 Å². The van der Waals surface area contributed by atoms with E-state index in [0.29, 0.717) is 28.8 Å². The topological polar surface area (TPSA) is 78.0 Å². The Morgan fingerprint density at radius 2 is 2.11 bits per heavy atom. The lowest BCUT2D eigenvalue weighted by atomic mass is 10.1. The molecule has 94 valence electrons. The van der Waals surface area contributed by atoms with Crippen molar-refractivity contribution >= 4 is 17.4 Å². The predicted molar refractivity (Wildman–Crippen MR) is 67.9 cm³/mol. The van der Waals surface area contributed by atoms with E-state index in [4.69, 9.17) is 4.42 Å². The second kappa shape index (κ2) is 4.16. The van der Waals surface area contributed by atoms with E-state index in [2.05, 4.69) is 9.97 Å². The second-order valence-electron chi connectivity index (χ2n) is 4.06. The second-order valence-corrected chi connectivity index (χ2v) is 4.06. The molecule has 0 radical (unpaired) electrons. The normalized spacial score (nSPS) is 10.8. The van der Waals surface area contributed by atoms with Gasteiger partial charge in [-0.05, 0) is 24.3 Å². The largest absolute Gasteiger partial charge is 0.419 e. The summed E-state index contributed by atoms with van der Waals surface area (Å²) in [6, 6.07) is 6.86. The SMILES string of the molecule is Cn1c(=O)oc2ccc(-c3cc(C=O)ncn3)cc21. The first-order valence-electron chi connectivity index (χ1n) is 5.56. The number of aryl methyl sites for hydroxylation is 1. The molecule has 0 aliphatic heterocycles. The highest BCUT2D eigenvalue weighted by Gasteiger charge is 2.08. The van der Waals surface area contributed by atoms with Gasteiger partial charge < -0.3 is 4.42 Å². The molecule has 0 spiro atoms. The first-order chi connectivity index (χ1) is 9.19. The summed E-state index contributed by atoms with van der Waals surface area (Å²) in [6.07, 6.45) is 2.00. The molecule has 0 atom stereocenters. The van der Waals surface area contributed by atoms with E-state index in [9.17, 15) is 9.59 Å².